The molecule has 0 amide bonds. The number of ether oxygens (including phenoxy) is 4. The van der Waals surface area contributed by atoms with Gasteiger partial charge >= 0.3 is 0 Å². The Morgan fingerprint density at radius 3 is 1.75 bits per heavy atom. The maximum Gasteiger partial charge on any atom is 0.187 e. The molecule has 2 aromatic carbocycles. The van der Waals surface area contributed by atoms with Crippen LogP contribution in [0.4, 0.5) is 0 Å². The van der Waals surface area contributed by atoms with E-state index in [4.69, 9.17) is 18.9 Å². The van der Waals surface area contributed by atoms with Crippen molar-refractivity contribution in [3.63, 3.8) is 0 Å². The zero-order valence-corrected chi connectivity index (χ0v) is 21.2. The van der Waals surface area contributed by atoms with Crippen LogP contribution < -0.4 is 0 Å². The van der Waals surface area contributed by atoms with E-state index in [1.165, 1.54) is 0 Å². The lowest BCUT2D eigenvalue weighted by Gasteiger charge is -2.44. The van der Waals surface area contributed by atoms with Gasteiger partial charge in [0.1, 0.15) is 61.0 Å². The van der Waals surface area contributed by atoms with Crippen molar-refractivity contribution in [2.24, 2.45) is 0 Å². The predicted octanol–water partition coefficient (Wildman–Crippen LogP) is -1.84. The first-order chi connectivity index (χ1) is 19.2. The summed E-state index contributed by atoms with van der Waals surface area (Å²) in [5, 5.41) is 81.7. The molecule has 2 heterocycles. The first-order valence-electron chi connectivity index (χ1n) is 13.1. The molecule has 6 rings (SSSR count). The summed E-state index contributed by atoms with van der Waals surface area (Å²) in [5.74, 6) is 0. The van der Waals surface area contributed by atoms with Gasteiger partial charge in [0.2, 0.25) is 0 Å². The van der Waals surface area contributed by atoms with Crippen molar-refractivity contribution >= 4 is 5.57 Å². The Kier molecular flexibility index (Phi) is 7.54. The first-order valence-corrected chi connectivity index (χ1v) is 13.1. The van der Waals surface area contributed by atoms with Crippen LogP contribution in [0.5, 0.6) is 0 Å². The second-order valence-corrected chi connectivity index (χ2v) is 10.4. The van der Waals surface area contributed by atoms with Crippen molar-refractivity contribution in [2.75, 3.05) is 13.2 Å². The normalized spacial score (nSPS) is 40.4. The third-order valence-electron chi connectivity index (χ3n) is 8.08. The van der Waals surface area contributed by atoms with Crippen LogP contribution in [0.15, 0.2) is 48.5 Å². The van der Waals surface area contributed by atoms with E-state index in [1.807, 2.05) is 36.4 Å². The Morgan fingerprint density at radius 2 is 1.15 bits per heavy atom. The molecular formula is C28H32O12. The van der Waals surface area contributed by atoms with E-state index in [1.54, 1.807) is 12.1 Å². The van der Waals surface area contributed by atoms with E-state index >= 15 is 0 Å². The van der Waals surface area contributed by atoms with Gasteiger partial charge in [0.25, 0.3) is 0 Å². The molecule has 40 heavy (non-hydrogen) atoms. The summed E-state index contributed by atoms with van der Waals surface area (Å²) < 4.78 is 23.6. The van der Waals surface area contributed by atoms with Crippen LogP contribution in [-0.2, 0) is 18.9 Å². The van der Waals surface area contributed by atoms with Gasteiger partial charge in [-0.25, -0.2) is 0 Å². The van der Waals surface area contributed by atoms with Gasteiger partial charge in [-0.05, 0) is 39.5 Å². The van der Waals surface area contributed by atoms with Crippen LogP contribution >= 0.6 is 0 Å². The number of hydrogen-bond donors (Lipinski definition) is 8. The number of fused-ring (bicyclic) bond motifs is 3. The quantitative estimate of drug-likeness (QED) is 0.168. The maximum atomic E-state index is 10.7. The van der Waals surface area contributed by atoms with Crippen molar-refractivity contribution in [3.8, 4) is 11.1 Å². The first kappa shape index (κ1) is 27.8. The molecule has 0 spiro atoms. The van der Waals surface area contributed by atoms with Crippen molar-refractivity contribution in [1.29, 1.82) is 0 Å². The fourth-order valence-corrected chi connectivity index (χ4v) is 5.94. The molecule has 2 aliphatic heterocycles. The molecular weight excluding hydrogens is 528 g/mol. The largest absolute Gasteiger partial charge is 0.394 e. The van der Waals surface area contributed by atoms with Crippen LogP contribution in [0.3, 0.4) is 0 Å². The predicted molar refractivity (Wildman–Crippen MR) is 135 cm³/mol. The minimum atomic E-state index is -1.68. The zero-order chi connectivity index (χ0) is 28.3. The Hall–Kier alpha value is -2.30. The second kappa shape index (κ2) is 10.8. The number of hydrogen-bond acceptors (Lipinski definition) is 12. The van der Waals surface area contributed by atoms with Crippen LogP contribution in [-0.4, -0.2) is 122 Å². The molecule has 12 unspecified atom stereocenters. The lowest BCUT2D eigenvalue weighted by atomic mass is 9.86. The van der Waals surface area contributed by atoms with Gasteiger partial charge in [-0.1, -0.05) is 42.5 Å². The molecule has 216 valence electrons. The van der Waals surface area contributed by atoms with E-state index in [0.29, 0.717) is 5.56 Å². The van der Waals surface area contributed by atoms with Crippen molar-refractivity contribution < 1.29 is 59.8 Å². The Labute approximate surface area is 228 Å². The number of aliphatic hydroxyl groups is 8. The molecule has 12 heteroatoms. The average molecular weight is 561 g/mol. The standard InChI is InChI=1S/C28H32O12/c29-9-17-20(31)22(33)24(35)27(38-17)37-16-8-15-12-5-2-1-4-11(12)13-6-3-7-14(19(13)15)26(16)40-28-25(36)23(34)21(32)18(10-30)39-28/h1-8,16-18,20-36H,9-10H2. The lowest BCUT2D eigenvalue weighted by Crippen LogP contribution is -2.60. The number of aliphatic hydroxyl groups excluding tert-OH is 8. The zero-order valence-electron chi connectivity index (χ0n) is 21.2. The van der Waals surface area contributed by atoms with E-state index in [2.05, 4.69) is 0 Å². The highest BCUT2D eigenvalue weighted by atomic mass is 16.7. The van der Waals surface area contributed by atoms with Gasteiger partial charge in [-0.15, -0.1) is 0 Å². The summed E-state index contributed by atoms with van der Waals surface area (Å²) in [6.07, 6.45) is -15.5. The highest BCUT2D eigenvalue weighted by Gasteiger charge is 2.49. The molecule has 4 aliphatic rings. The molecule has 8 N–H and O–H groups in total. The third-order valence-corrected chi connectivity index (χ3v) is 8.08. The molecule has 2 saturated heterocycles. The molecule has 2 aromatic rings. The summed E-state index contributed by atoms with van der Waals surface area (Å²) in [5.41, 5.74) is 5.16. The number of rotatable bonds is 6. The summed E-state index contributed by atoms with van der Waals surface area (Å²) >= 11 is 0. The summed E-state index contributed by atoms with van der Waals surface area (Å²) in [6, 6.07) is 13.3. The Balaban J connectivity index is 1.40. The highest BCUT2D eigenvalue weighted by molar-refractivity contribution is 6.03. The van der Waals surface area contributed by atoms with Crippen molar-refractivity contribution in [1.82, 2.24) is 0 Å². The maximum absolute atomic E-state index is 10.7. The Morgan fingerprint density at radius 1 is 0.600 bits per heavy atom. The van der Waals surface area contributed by atoms with Gasteiger partial charge in [-0.3, -0.25) is 0 Å². The average Bonchev–Trinajstić information content (AvgIpc) is 3.29. The number of benzene rings is 2. The minimum absolute atomic E-state index is 0.637. The monoisotopic (exact) mass is 560 g/mol. The molecule has 12 nitrogen and oxygen atoms in total. The van der Waals surface area contributed by atoms with E-state index in [9.17, 15) is 40.9 Å². The molecule has 2 aliphatic carbocycles. The smallest absolute Gasteiger partial charge is 0.187 e. The van der Waals surface area contributed by atoms with E-state index < -0.39 is 86.8 Å². The van der Waals surface area contributed by atoms with E-state index in [-0.39, 0.29) is 0 Å². The van der Waals surface area contributed by atoms with Crippen molar-refractivity contribution in [3.05, 3.63) is 65.2 Å². The van der Waals surface area contributed by atoms with Gasteiger partial charge in [0, 0.05) is 0 Å². The van der Waals surface area contributed by atoms with Crippen LogP contribution in [0.1, 0.15) is 22.8 Å². The Bertz CT molecular complexity index is 1260. The van der Waals surface area contributed by atoms with Gasteiger partial charge < -0.3 is 59.8 Å². The highest BCUT2D eigenvalue weighted by Crippen LogP contribution is 2.52. The molecule has 12 atom stereocenters. The SMILES string of the molecule is OCC1OC(OC2C=C3c4ccccc4-c4cccc(c43)C2OC2OC(CO)C(O)C(O)C2O)C(O)C(O)C1O. The topological polar surface area (TPSA) is 199 Å². The van der Waals surface area contributed by atoms with Gasteiger partial charge in [0.05, 0.1) is 13.2 Å². The third kappa shape index (κ3) is 4.41. The van der Waals surface area contributed by atoms with Gasteiger partial charge in [-0.2, -0.15) is 0 Å². The molecule has 0 saturated carbocycles. The second-order valence-electron chi connectivity index (χ2n) is 10.4. The van der Waals surface area contributed by atoms with Crippen molar-refractivity contribution in [2.45, 2.75) is 73.6 Å². The minimum Gasteiger partial charge on any atom is -0.394 e. The van der Waals surface area contributed by atoms with Gasteiger partial charge in [0.15, 0.2) is 12.6 Å². The fourth-order valence-electron chi connectivity index (χ4n) is 5.94. The molecule has 2 fully saturated rings. The molecule has 0 bridgehead atoms. The summed E-state index contributed by atoms with van der Waals surface area (Å²) in [7, 11) is 0. The summed E-state index contributed by atoms with van der Waals surface area (Å²) in [6.45, 7) is -1.28. The molecule has 0 aromatic heterocycles. The fraction of sp³-hybridized carbons (Fsp3) is 0.500. The van der Waals surface area contributed by atoms with Crippen LogP contribution in [0.2, 0.25) is 0 Å². The van der Waals surface area contributed by atoms with Crippen LogP contribution in [0.25, 0.3) is 16.7 Å². The lowest BCUT2D eigenvalue weighted by molar-refractivity contribution is -0.337. The molecule has 0 radical (unpaired) electrons. The van der Waals surface area contributed by atoms with E-state index in [0.717, 1.165) is 27.8 Å². The van der Waals surface area contributed by atoms with Crippen LogP contribution in [0, 0.1) is 0 Å². The summed E-state index contributed by atoms with van der Waals surface area (Å²) in [4.78, 5) is 0.